The zero-order chi connectivity index (χ0) is 21.5. The number of esters is 1. The molecular weight excluding hydrogens is 382 g/mol. The molecule has 0 aromatic rings. The lowest BCUT2D eigenvalue weighted by atomic mass is 9.71. The number of ether oxygens (including phenoxy) is 1. The van der Waals surface area contributed by atoms with Crippen molar-refractivity contribution in [3.05, 3.63) is 11.3 Å². The summed E-state index contributed by atoms with van der Waals surface area (Å²) in [7, 11) is 1.55. The first kappa shape index (κ1) is 21.1. The number of nitrogens with zero attached hydrogens (tertiary/aromatic N) is 2. The summed E-state index contributed by atoms with van der Waals surface area (Å²) in [5.41, 5.74) is 0.482. The molecule has 1 saturated heterocycles. The molecule has 3 N–H and O–H groups in total. The molecule has 29 heavy (non-hydrogen) atoms. The third kappa shape index (κ3) is 3.45. The summed E-state index contributed by atoms with van der Waals surface area (Å²) in [6, 6.07) is -1.41. The quantitative estimate of drug-likeness (QED) is 0.412. The number of carbonyl (C=O) groups is 4. The maximum absolute atomic E-state index is 12.5. The number of amides is 3. The number of aliphatic hydroxyl groups is 1. The summed E-state index contributed by atoms with van der Waals surface area (Å²) in [6.07, 6.45) is 1.13. The fraction of sp³-hybridized carbons (Fsp3) is 0.684. The van der Waals surface area contributed by atoms with Gasteiger partial charge in [-0.1, -0.05) is 6.42 Å². The van der Waals surface area contributed by atoms with Crippen LogP contribution in [0.25, 0.3) is 0 Å². The average Bonchev–Trinajstić information content (AvgIpc) is 2.96. The van der Waals surface area contributed by atoms with Crippen LogP contribution in [0.1, 0.15) is 33.1 Å². The first-order chi connectivity index (χ1) is 13.7. The third-order valence-corrected chi connectivity index (χ3v) is 6.07. The maximum atomic E-state index is 12.5. The SMILES string of the molecule is CCOC(=O)CNC(=O)N(C)[C@H]1CCC[C@H]2C1=C(C(=O)O)N1C(=O)[C@H](C(C)O)[C@@H]21. The van der Waals surface area contributed by atoms with Gasteiger partial charge in [-0.05, 0) is 32.3 Å². The molecule has 3 amide bonds. The molecule has 0 spiro atoms. The molecule has 0 radical (unpaired) electrons. The number of β-lactam (4-membered cyclic amide) rings is 1. The van der Waals surface area contributed by atoms with Crippen LogP contribution in [0.15, 0.2) is 11.3 Å². The number of hydrogen-bond acceptors (Lipinski definition) is 6. The number of hydrogen-bond donors (Lipinski definition) is 3. The Hall–Kier alpha value is -2.62. The van der Waals surface area contributed by atoms with Crippen molar-refractivity contribution in [2.75, 3.05) is 20.2 Å². The van der Waals surface area contributed by atoms with Crippen molar-refractivity contribution >= 4 is 23.9 Å². The van der Waals surface area contributed by atoms with Crippen molar-refractivity contribution in [3.63, 3.8) is 0 Å². The van der Waals surface area contributed by atoms with E-state index < -0.39 is 41.9 Å². The minimum atomic E-state index is -1.21. The van der Waals surface area contributed by atoms with E-state index in [0.717, 1.165) is 6.42 Å². The van der Waals surface area contributed by atoms with E-state index in [2.05, 4.69) is 5.32 Å². The largest absolute Gasteiger partial charge is 0.477 e. The Morgan fingerprint density at radius 2 is 2.03 bits per heavy atom. The van der Waals surface area contributed by atoms with Gasteiger partial charge in [0.25, 0.3) is 0 Å². The Morgan fingerprint density at radius 1 is 1.34 bits per heavy atom. The second-order valence-electron chi connectivity index (χ2n) is 7.70. The van der Waals surface area contributed by atoms with Crippen LogP contribution in [-0.2, 0) is 19.1 Å². The van der Waals surface area contributed by atoms with E-state index in [0.29, 0.717) is 18.4 Å². The number of nitrogens with one attached hydrogen (secondary N) is 1. The highest BCUT2D eigenvalue weighted by Gasteiger charge is 2.62. The molecular formula is C19H27N3O7. The molecule has 0 bridgehead atoms. The second kappa shape index (κ2) is 8.02. The summed E-state index contributed by atoms with van der Waals surface area (Å²) in [6.45, 7) is 3.13. The fourth-order valence-corrected chi connectivity index (χ4v) is 4.88. The Kier molecular flexibility index (Phi) is 5.83. The molecule has 1 saturated carbocycles. The van der Waals surface area contributed by atoms with Gasteiger partial charge in [-0.25, -0.2) is 9.59 Å². The Morgan fingerprint density at radius 3 is 2.62 bits per heavy atom. The zero-order valence-electron chi connectivity index (χ0n) is 16.8. The summed E-state index contributed by atoms with van der Waals surface area (Å²) in [5, 5.41) is 22.3. The van der Waals surface area contributed by atoms with Gasteiger partial charge in [0.1, 0.15) is 12.2 Å². The Balaban J connectivity index is 1.84. The highest BCUT2D eigenvalue weighted by molar-refractivity contribution is 6.00. The maximum Gasteiger partial charge on any atom is 0.352 e. The molecule has 160 valence electrons. The number of aliphatic carboxylic acids is 1. The molecule has 0 aromatic heterocycles. The van der Waals surface area contributed by atoms with Crippen molar-refractivity contribution in [3.8, 4) is 0 Å². The molecule has 1 aliphatic carbocycles. The van der Waals surface area contributed by atoms with Crippen molar-refractivity contribution < 1.29 is 34.1 Å². The predicted molar refractivity (Wildman–Crippen MR) is 99.4 cm³/mol. The van der Waals surface area contributed by atoms with Gasteiger partial charge >= 0.3 is 18.0 Å². The van der Waals surface area contributed by atoms with Gasteiger partial charge in [-0.2, -0.15) is 0 Å². The average molecular weight is 409 g/mol. The number of carbonyl (C=O) groups excluding carboxylic acids is 3. The van der Waals surface area contributed by atoms with Crippen molar-refractivity contribution in [1.29, 1.82) is 0 Å². The number of aliphatic hydroxyl groups excluding tert-OH is 1. The van der Waals surface area contributed by atoms with Gasteiger partial charge in [0.2, 0.25) is 5.91 Å². The van der Waals surface area contributed by atoms with Gasteiger partial charge in [0.15, 0.2) is 0 Å². The highest BCUT2D eigenvalue weighted by Crippen LogP contribution is 2.52. The molecule has 0 aromatic carbocycles. The molecule has 5 atom stereocenters. The van der Waals surface area contributed by atoms with Crippen LogP contribution in [0, 0.1) is 11.8 Å². The molecule has 10 heteroatoms. The number of likely N-dealkylation sites (N-methyl/N-ethyl adjacent to an activating group) is 1. The first-order valence-corrected chi connectivity index (χ1v) is 9.85. The van der Waals surface area contributed by atoms with E-state index in [-0.39, 0.29) is 30.8 Å². The van der Waals surface area contributed by atoms with Crippen LogP contribution in [0.2, 0.25) is 0 Å². The number of carboxylic acid groups (broad SMARTS) is 1. The van der Waals surface area contributed by atoms with E-state index in [4.69, 9.17) is 4.74 Å². The number of fused-ring (bicyclic) bond motifs is 3. The highest BCUT2D eigenvalue weighted by atomic mass is 16.5. The standard InChI is InChI=1S/C19H27N3O7/c1-4-29-12(24)8-20-19(28)21(3)11-7-5-6-10-14(11)16(18(26)27)22-15(10)13(9(2)23)17(22)25/h9-11,13,15,23H,4-8H2,1-3H3,(H,20,28)(H,26,27)/t9?,10-,11-,13+,15+/m0/s1. The monoisotopic (exact) mass is 409 g/mol. The van der Waals surface area contributed by atoms with Crippen LogP contribution < -0.4 is 5.32 Å². The molecule has 2 fully saturated rings. The summed E-state index contributed by atoms with van der Waals surface area (Å²) in [4.78, 5) is 51.2. The summed E-state index contributed by atoms with van der Waals surface area (Å²) in [5.74, 6) is -3.00. The Labute approximate surface area is 168 Å². The lowest BCUT2D eigenvalue weighted by Gasteiger charge is -2.48. The van der Waals surface area contributed by atoms with E-state index >= 15 is 0 Å². The van der Waals surface area contributed by atoms with Crippen molar-refractivity contribution in [2.24, 2.45) is 11.8 Å². The molecule has 1 unspecified atom stereocenters. The molecule has 2 heterocycles. The fourth-order valence-electron chi connectivity index (χ4n) is 4.88. The Bertz CT molecular complexity index is 763. The molecule has 2 aliphatic heterocycles. The van der Waals surface area contributed by atoms with Crippen LogP contribution in [0.3, 0.4) is 0 Å². The molecule has 10 nitrogen and oxygen atoms in total. The van der Waals surface area contributed by atoms with E-state index in [9.17, 15) is 29.4 Å². The zero-order valence-corrected chi connectivity index (χ0v) is 16.8. The van der Waals surface area contributed by atoms with E-state index in [1.807, 2.05) is 0 Å². The lowest BCUT2D eigenvalue weighted by molar-refractivity contribution is -0.163. The van der Waals surface area contributed by atoms with E-state index in [1.165, 1.54) is 16.7 Å². The topological polar surface area (TPSA) is 136 Å². The third-order valence-electron chi connectivity index (χ3n) is 6.07. The minimum absolute atomic E-state index is 0.0726. The normalized spacial score (nSPS) is 28.8. The van der Waals surface area contributed by atoms with Crippen LogP contribution in [0.5, 0.6) is 0 Å². The summed E-state index contributed by atoms with van der Waals surface area (Å²) >= 11 is 0. The smallest absolute Gasteiger partial charge is 0.352 e. The van der Waals surface area contributed by atoms with Gasteiger partial charge < -0.3 is 30.1 Å². The lowest BCUT2D eigenvalue weighted by Crippen LogP contribution is -2.64. The second-order valence-corrected chi connectivity index (χ2v) is 7.70. The summed E-state index contributed by atoms with van der Waals surface area (Å²) < 4.78 is 4.79. The van der Waals surface area contributed by atoms with Crippen molar-refractivity contribution in [2.45, 2.75) is 51.3 Å². The predicted octanol–water partition coefficient (Wildman–Crippen LogP) is -0.0803. The van der Waals surface area contributed by atoms with Crippen LogP contribution in [-0.4, -0.2) is 82.3 Å². The van der Waals surface area contributed by atoms with Crippen LogP contribution >= 0.6 is 0 Å². The number of urea groups is 1. The van der Waals surface area contributed by atoms with Gasteiger partial charge in [0.05, 0.1) is 30.7 Å². The van der Waals surface area contributed by atoms with Crippen LogP contribution in [0.4, 0.5) is 4.79 Å². The van der Waals surface area contributed by atoms with Gasteiger partial charge in [-0.3, -0.25) is 9.59 Å². The first-order valence-electron chi connectivity index (χ1n) is 9.85. The number of carboxylic acids is 1. The minimum Gasteiger partial charge on any atom is -0.477 e. The van der Waals surface area contributed by atoms with Crippen molar-refractivity contribution in [1.82, 2.24) is 15.1 Å². The molecule has 3 rings (SSSR count). The van der Waals surface area contributed by atoms with Gasteiger partial charge in [-0.15, -0.1) is 0 Å². The molecule has 3 aliphatic rings. The number of rotatable bonds is 6. The van der Waals surface area contributed by atoms with E-state index in [1.54, 1.807) is 14.0 Å². The van der Waals surface area contributed by atoms with Gasteiger partial charge in [0, 0.05) is 13.0 Å².